The van der Waals surface area contributed by atoms with Crippen molar-refractivity contribution in [3.05, 3.63) is 42.2 Å². The zero-order chi connectivity index (χ0) is 17.5. The molecule has 0 aliphatic heterocycles. The van der Waals surface area contributed by atoms with E-state index in [0.29, 0.717) is 29.3 Å². The second kappa shape index (κ2) is 8.68. The van der Waals surface area contributed by atoms with Crippen LogP contribution in [0, 0.1) is 5.92 Å². The highest BCUT2D eigenvalue weighted by Crippen LogP contribution is 2.18. The van der Waals surface area contributed by atoms with Gasteiger partial charge in [-0.15, -0.1) is 0 Å². The average Bonchev–Trinajstić information content (AvgIpc) is 3.00. The smallest absolute Gasteiger partial charge is 0.224 e. The molecule has 0 atom stereocenters. The summed E-state index contributed by atoms with van der Waals surface area (Å²) in [4.78, 5) is 28.3. The van der Waals surface area contributed by atoms with Crippen LogP contribution in [-0.2, 0) is 11.3 Å². The Bertz CT molecular complexity index is 693. The summed E-state index contributed by atoms with van der Waals surface area (Å²) in [5.74, 6) is 0.700. The normalized spacial score (nSPS) is 10.8. The maximum absolute atomic E-state index is 12.3. The van der Waals surface area contributed by atoms with Crippen molar-refractivity contribution >= 4 is 29.1 Å². The fraction of sp³-hybridized carbons (Fsp3) is 0.389. The highest BCUT2D eigenvalue weighted by Gasteiger charge is 2.10. The lowest BCUT2D eigenvalue weighted by Gasteiger charge is -2.08. The average molecular weight is 345 g/mol. The Balaban J connectivity index is 1.90. The number of aromatic nitrogens is 2. The second-order valence-electron chi connectivity index (χ2n) is 5.93. The number of nitrogens with zero attached hydrogens (tertiary/aromatic N) is 2. The minimum atomic E-state index is -0.00830. The van der Waals surface area contributed by atoms with Crippen molar-refractivity contribution in [3.8, 4) is 0 Å². The fourth-order valence-electron chi connectivity index (χ4n) is 2.21. The summed E-state index contributed by atoms with van der Waals surface area (Å²) in [5, 5.41) is 3.69. The predicted octanol–water partition coefficient (Wildman–Crippen LogP) is 3.86. The van der Waals surface area contributed by atoms with E-state index in [4.69, 9.17) is 0 Å². The molecule has 0 unspecified atom stereocenters. The van der Waals surface area contributed by atoms with Gasteiger partial charge in [0.2, 0.25) is 5.91 Å². The minimum absolute atomic E-state index is 0.00830. The molecule has 2 aromatic rings. The molecular weight excluding hydrogens is 322 g/mol. The number of aryl methyl sites for hydroxylation is 1. The van der Waals surface area contributed by atoms with E-state index in [2.05, 4.69) is 10.3 Å². The lowest BCUT2D eigenvalue weighted by Crippen LogP contribution is -2.14. The van der Waals surface area contributed by atoms with Gasteiger partial charge >= 0.3 is 0 Å². The van der Waals surface area contributed by atoms with Gasteiger partial charge in [-0.05, 0) is 37.1 Å². The molecule has 0 saturated carbocycles. The Morgan fingerprint density at radius 1 is 1.25 bits per heavy atom. The molecule has 0 aliphatic carbocycles. The van der Waals surface area contributed by atoms with Crippen LogP contribution in [0.5, 0.6) is 0 Å². The van der Waals surface area contributed by atoms with Crippen molar-refractivity contribution < 1.29 is 9.59 Å². The molecule has 128 valence electrons. The van der Waals surface area contributed by atoms with Crippen molar-refractivity contribution in [2.75, 3.05) is 11.1 Å². The molecule has 1 N–H and O–H groups in total. The first-order valence-corrected chi connectivity index (χ1v) is 9.05. The van der Waals surface area contributed by atoms with Crippen LogP contribution in [0.25, 0.3) is 0 Å². The number of carbonyl (C=O) groups is 2. The number of hydrogen-bond acceptors (Lipinski definition) is 4. The zero-order valence-electron chi connectivity index (χ0n) is 14.3. The highest BCUT2D eigenvalue weighted by molar-refractivity contribution is 7.99. The van der Waals surface area contributed by atoms with Crippen molar-refractivity contribution in [1.29, 1.82) is 0 Å². The summed E-state index contributed by atoms with van der Waals surface area (Å²) >= 11 is 1.44. The fourth-order valence-corrected chi connectivity index (χ4v) is 3.13. The maximum atomic E-state index is 12.3. The van der Waals surface area contributed by atoms with Crippen molar-refractivity contribution in [3.63, 3.8) is 0 Å². The Labute approximate surface area is 146 Å². The van der Waals surface area contributed by atoms with Crippen LogP contribution in [0.15, 0.2) is 41.8 Å². The van der Waals surface area contributed by atoms with Crippen LogP contribution in [0.3, 0.4) is 0 Å². The largest absolute Gasteiger partial charge is 0.326 e. The number of imidazole rings is 1. The van der Waals surface area contributed by atoms with Crippen LogP contribution in [-0.4, -0.2) is 27.0 Å². The third-order valence-electron chi connectivity index (χ3n) is 3.43. The monoisotopic (exact) mass is 345 g/mol. The first-order chi connectivity index (χ1) is 11.5. The zero-order valence-corrected chi connectivity index (χ0v) is 15.1. The lowest BCUT2D eigenvalue weighted by molar-refractivity contribution is -0.116. The van der Waals surface area contributed by atoms with Crippen LogP contribution >= 0.6 is 11.8 Å². The van der Waals surface area contributed by atoms with Crippen LogP contribution in [0.4, 0.5) is 5.69 Å². The molecule has 0 fully saturated rings. The van der Waals surface area contributed by atoms with E-state index in [1.807, 2.05) is 31.5 Å². The number of benzene rings is 1. The SMILES string of the molecule is CCn1ccnc1SCC(=O)c1ccc(NC(=O)CC(C)C)cc1. The summed E-state index contributed by atoms with van der Waals surface area (Å²) in [7, 11) is 0. The minimum Gasteiger partial charge on any atom is -0.326 e. The lowest BCUT2D eigenvalue weighted by atomic mass is 10.1. The Hall–Kier alpha value is -2.08. The van der Waals surface area contributed by atoms with Crippen molar-refractivity contribution in [1.82, 2.24) is 9.55 Å². The van der Waals surface area contributed by atoms with Gasteiger partial charge < -0.3 is 9.88 Å². The van der Waals surface area contributed by atoms with E-state index in [1.165, 1.54) is 11.8 Å². The van der Waals surface area contributed by atoms with Gasteiger partial charge in [0.25, 0.3) is 0 Å². The first-order valence-electron chi connectivity index (χ1n) is 8.06. The third kappa shape index (κ3) is 5.23. The van der Waals surface area contributed by atoms with Crippen molar-refractivity contribution in [2.45, 2.75) is 38.9 Å². The highest BCUT2D eigenvalue weighted by atomic mass is 32.2. The van der Waals surface area contributed by atoms with Gasteiger partial charge in [-0.3, -0.25) is 9.59 Å². The Morgan fingerprint density at radius 2 is 1.96 bits per heavy atom. The maximum Gasteiger partial charge on any atom is 0.224 e. The van der Waals surface area contributed by atoms with Gasteiger partial charge in [-0.2, -0.15) is 0 Å². The molecule has 24 heavy (non-hydrogen) atoms. The molecule has 0 aliphatic rings. The topological polar surface area (TPSA) is 64.0 Å². The molecule has 6 heteroatoms. The van der Waals surface area contributed by atoms with Gasteiger partial charge in [0.15, 0.2) is 10.9 Å². The van der Waals surface area contributed by atoms with Crippen LogP contribution < -0.4 is 5.32 Å². The summed E-state index contributed by atoms with van der Waals surface area (Å²) in [6.07, 6.45) is 4.13. The van der Waals surface area contributed by atoms with Gasteiger partial charge in [-0.1, -0.05) is 25.6 Å². The summed E-state index contributed by atoms with van der Waals surface area (Å²) in [6, 6.07) is 7.03. The number of amides is 1. The number of carbonyl (C=O) groups excluding carboxylic acids is 2. The second-order valence-corrected chi connectivity index (χ2v) is 6.87. The third-order valence-corrected chi connectivity index (χ3v) is 4.44. The molecule has 1 aromatic heterocycles. The molecule has 2 rings (SSSR count). The van der Waals surface area contributed by atoms with Gasteiger partial charge in [-0.25, -0.2) is 4.98 Å². The number of nitrogens with one attached hydrogen (secondary N) is 1. The Morgan fingerprint density at radius 3 is 2.58 bits per heavy atom. The van der Waals surface area contributed by atoms with Gasteiger partial charge in [0, 0.05) is 36.6 Å². The van der Waals surface area contributed by atoms with Gasteiger partial charge in [0.1, 0.15) is 0 Å². The number of hydrogen-bond donors (Lipinski definition) is 1. The van der Waals surface area contributed by atoms with Crippen molar-refractivity contribution in [2.24, 2.45) is 5.92 Å². The molecule has 1 aromatic carbocycles. The molecule has 1 amide bonds. The number of Topliss-reactive ketones (excluding diaryl/α,β-unsaturated/α-hetero) is 1. The van der Waals surface area contributed by atoms with E-state index in [-0.39, 0.29) is 11.7 Å². The molecule has 0 bridgehead atoms. The van der Waals surface area contributed by atoms with Gasteiger partial charge in [0.05, 0.1) is 5.75 Å². The predicted molar refractivity (Wildman–Crippen MR) is 97.5 cm³/mol. The molecule has 0 spiro atoms. The summed E-state index contributed by atoms with van der Waals surface area (Å²) < 4.78 is 2.01. The van der Waals surface area contributed by atoms with E-state index in [0.717, 1.165) is 11.7 Å². The van der Waals surface area contributed by atoms with E-state index >= 15 is 0 Å². The molecular formula is C18H23N3O2S. The standard InChI is InChI=1S/C18H23N3O2S/c1-4-21-10-9-19-18(21)24-12-16(22)14-5-7-15(8-6-14)20-17(23)11-13(2)3/h5-10,13H,4,11-12H2,1-3H3,(H,20,23). The number of anilines is 1. The van der Waals surface area contributed by atoms with Crippen LogP contribution in [0.2, 0.25) is 0 Å². The number of thioether (sulfide) groups is 1. The Kier molecular flexibility index (Phi) is 6.61. The molecule has 1 heterocycles. The summed E-state index contributed by atoms with van der Waals surface area (Å²) in [5.41, 5.74) is 1.35. The number of ketones is 1. The quantitative estimate of drug-likeness (QED) is 0.583. The van der Waals surface area contributed by atoms with E-state index < -0.39 is 0 Å². The molecule has 5 nitrogen and oxygen atoms in total. The number of rotatable bonds is 8. The van der Waals surface area contributed by atoms with Crippen LogP contribution in [0.1, 0.15) is 37.6 Å². The molecule has 0 saturated heterocycles. The van der Waals surface area contributed by atoms with E-state index in [1.54, 1.807) is 30.5 Å². The first kappa shape index (κ1) is 18.3. The van der Waals surface area contributed by atoms with E-state index in [9.17, 15) is 9.59 Å². The molecule has 0 radical (unpaired) electrons. The summed E-state index contributed by atoms with van der Waals surface area (Å²) in [6.45, 7) is 6.88.